The Balaban J connectivity index is 1.74. The standard InChI is InChI=1S/C22H15N3O/c23-14-16-10-12-17(13-11-16)24-22(26)20-15-25(18-6-2-1-3-7-18)21-9-5-4-8-19(20)21/h1-13,15H,(H,24,26). The van der Waals surface area contributed by atoms with E-state index < -0.39 is 0 Å². The topological polar surface area (TPSA) is 57.8 Å². The Bertz CT molecular complexity index is 1120. The number of benzene rings is 3. The van der Waals surface area contributed by atoms with Crippen LogP contribution in [0.25, 0.3) is 16.6 Å². The number of nitrogens with zero attached hydrogens (tertiary/aromatic N) is 2. The van der Waals surface area contributed by atoms with Gasteiger partial charge in [0.05, 0.1) is 22.7 Å². The zero-order chi connectivity index (χ0) is 17.9. The van der Waals surface area contributed by atoms with E-state index in [1.807, 2.05) is 65.4 Å². The third kappa shape index (κ3) is 2.83. The number of fused-ring (bicyclic) bond motifs is 1. The minimum absolute atomic E-state index is 0.180. The van der Waals surface area contributed by atoms with Crippen molar-refractivity contribution < 1.29 is 4.79 Å². The fourth-order valence-electron chi connectivity index (χ4n) is 2.99. The van der Waals surface area contributed by atoms with E-state index in [-0.39, 0.29) is 5.91 Å². The molecule has 4 nitrogen and oxygen atoms in total. The van der Waals surface area contributed by atoms with E-state index in [9.17, 15) is 4.79 Å². The highest BCUT2D eigenvalue weighted by Gasteiger charge is 2.15. The first-order valence-corrected chi connectivity index (χ1v) is 8.23. The number of aromatic nitrogens is 1. The Morgan fingerprint density at radius 3 is 2.31 bits per heavy atom. The molecule has 0 unspecified atom stereocenters. The third-order valence-corrected chi connectivity index (χ3v) is 4.26. The molecule has 0 aliphatic rings. The van der Waals surface area contributed by atoms with Crippen LogP contribution in [0.5, 0.6) is 0 Å². The van der Waals surface area contributed by atoms with Crippen molar-refractivity contribution in [2.24, 2.45) is 0 Å². The molecular formula is C22H15N3O. The molecule has 26 heavy (non-hydrogen) atoms. The van der Waals surface area contributed by atoms with Gasteiger partial charge in [-0.1, -0.05) is 36.4 Å². The number of amides is 1. The molecule has 0 fully saturated rings. The molecule has 1 heterocycles. The van der Waals surface area contributed by atoms with E-state index in [0.717, 1.165) is 16.6 Å². The molecule has 3 aromatic carbocycles. The molecule has 1 aromatic heterocycles. The maximum Gasteiger partial charge on any atom is 0.257 e. The van der Waals surface area contributed by atoms with E-state index in [2.05, 4.69) is 11.4 Å². The highest BCUT2D eigenvalue weighted by Crippen LogP contribution is 2.25. The second kappa shape index (κ2) is 6.58. The molecule has 4 rings (SSSR count). The lowest BCUT2D eigenvalue weighted by atomic mass is 10.1. The summed E-state index contributed by atoms with van der Waals surface area (Å²) in [7, 11) is 0. The number of nitriles is 1. The fraction of sp³-hybridized carbons (Fsp3) is 0. The number of rotatable bonds is 3. The molecule has 4 aromatic rings. The van der Waals surface area contributed by atoms with Crippen LogP contribution < -0.4 is 5.32 Å². The van der Waals surface area contributed by atoms with Crippen LogP contribution in [0.15, 0.2) is 85.1 Å². The van der Waals surface area contributed by atoms with E-state index >= 15 is 0 Å². The smallest absolute Gasteiger partial charge is 0.257 e. The summed E-state index contributed by atoms with van der Waals surface area (Å²) in [6.07, 6.45) is 1.86. The normalized spacial score (nSPS) is 10.4. The molecule has 0 aliphatic heterocycles. The van der Waals surface area contributed by atoms with E-state index in [1.54, 1.807) is 24.3 Å². The quantitative estimate of drug-likeness (QED) is 0.586. The predicted octanol–water partition coefficient (Wildman–Crippen LogP) is 4.75. The van der Waals surface area contributed by atoms with Crippen LogP contribution in [0.1, 0.15) is 15.9 Å². The van der Waals surface area contributed by atoms with Crippen LogP contribution in [-0.2, 0) is 0 Å². The van der Waals surface area contributed by atoms with Gasteiger partial charge in [-0.15, -0.1) is 0 Å². The molecule has 0 saturated heterocycles. The lowest BCUT2D eigenvalue weighted by Gasteiger charge is -2.04. The number of hydrogen-bond donors (Lipinski definition) is 1. The van der Waals surface area contributed by atoms with Gasteiger partial charge >= 0.3 is 0 Å². The fourth-order valence-corrected chi connectivity index (χ4v) is 2.99. The summed E-state index contributed by atoms with van der Waals surface area (Å²) in [6.45, 7) is 0. The van der Waals surface area contributed by atoms with Gasteiger partial charge in [0.25, 0.3) is 5.91 Å². The Hall–Kier alpha value is -3.84. The predicted molar refractivity (Wildman–Crippen MR) is 102 cm³/mol. The van der Waals surface area contributed by atoms with Gasteiger partial charge in [0.1, 0.15) is 0 Å². The SMILES string of the molecule is N#Cc1ccc(NC(=O)c2cn(-c3ccccc3)c3ccccc23)cc1. The first-order chi connectivity index (χ1) is 12.8. The van der Waals surface area contributed by atoms with Crippen molar-refractivity contribution in [1.82, 2.24) is 4.57 Å². The monoisotopic (exact) mass is 337 g/mol. The second-order valence-electron chi connectivity index (χ2n) is 5.91. The van der Waals surface area contributed by atoms with Gasteiger partial charge < -0.3 is 9.88 Å². The highest BCUT2D eigenvalue weighted by atomic mass is 16.1. The van der Waals surface area contributed by atoms with Gasteiger partial charge in [-0.05, 0) is 42.5 Å². The Morgan fingerprint density at radius 1 is 0.885 bits per heavy atom. The zero-order valence-electron chi connectivity index (χ0n) is 13.9. The largest absolute Gasteiger partial charge is 0.322 e. The number of hydrogen-bond acceptors (Lipinski definition) is 2. The number of nitrogens with one attached hydrogen (secondary N) is 1. The van der Waals surface area contributed by atoms with Crippen LogP contribution in [0, 0.1) is 11.3 Å². The van der Waals surface area contributed by atoms with Crippen molar-refractivity contribution in [3.05, 3.63) is 96.2 Å². The van der Waals surface area contributed by atoms with Crippen LogP contribution in [0.2, 0.25) is 0 Å². The molecule has 0 saturated carbocycles. The average molecular weight is 337 g/mol. The zero-order valence-corrected chi connectivity index (χ0v) is 13.9. The van der Waals surface area contributed by atoms with E-state index in [1.165, 1.54) is 0 Å². The van der Waals surface area contributed by atoms with Crippen LogP contribution in [0.3, 0.4) is 0 Å². The Morgan fingerprint density at radius 2 is 1.58 bits per heavy atom. The number of carbonyl (C=O) groups is 1. The molecular weight excluding hydrogens is 322 g/mol. The van der Waals surface area contributed by atoms with E-state index in [0.29, 0.717) is 16.8 Å². The van der Waals surface area contributed by atoms with Gasteiger partial charge in [0, 0.05) is 23.0 Å². The summed E-state index contributed by atoms with van der Waals surface area (Å²) in [6, 6.07) is 26.7. The molecule has 0 spiro atoms. The van der Waals surface area contributed by atoms with Gasteiger partial charge in [0.2, 0.25) is 0 Å². The molecule has 0 radical (unpaired) electrons. The molecule has 0 atom stereocenters. The minimum Gasteiger partial charge on any atom is -0.322 e. The summed E-state index contributed by atoms with van der Waals surface area (Å²) in [5.74, 6) is -0.180. The number of para-hydroxylation sites is 2. The summed E-state index contributed by atoms with van der Waals surface area (Å²) < 4.78 is 2.02. The molecule has 124 valence electrons. The lowest BCUT2D eigenvalue weighted by Crippen LogP contribution is -2.11. The molecule has 1 N–H and O–H groups in total. The van der Waals surface area contributed by atoms with Crippen molar-refractivity contribution in [1.29, 1.82) is 5.26 Å². The van der Waals surface area contributed by atoms with Gasteiger partial charge in [0.15, 0.2) is 0 Å². The van der Waals surface area contributed by atoms with Crippen molar-refractivity contribution in [2.75, 3.05) is 5.32 Å². The first kappa shape index (κ1) is 15.7. The lowest BCUT2D eigenvalue weighted by molar-refractivity contribution is 0.102. The highest BCUT2D eigenvalue weighted by molar-refractivity contribution is 6.13. The van der Waals surface area contributed by atoms with Crippen molar-refractivity contribution >= 4 is 22.5 Å². The summed E-state index contributed by atoms with van der Waals surface area (Å²) in [4.78, 5) is 12.8. The Labute approximate surface area is 150 Å². The number of carbonyl (C=O) groups excluding carboxylic acids is 1. The minimum atomic E-state index is -0.180. The molecule has 1 amide bonds. The van der Waals surface area contributed by atoms with Crippen molar-refractivity contribution in [2.45, 2.75) is 0 Å². The maximum atomic E-state index is 12.8. The van der Waals surface area contributed by atoms with Crippen LogP contribution in [0.4, 0.5) is 5.69 Å². The van der Waals surface area contributed by atoms with Crippen LogP contribution >= 0.6 is 0 Å². The van der Waals surface area contributed by atoms with Gasteiger partial charge in [-0.3, -0.25) is 4.79 Å². The van der Waals surface area contributed by atoms with Crippen molar-refractivity contribution in [3.63, 3.8) is 0 Å². The summed E-state index contributed by atoms with van der Waals surface area (Å²) >= 11 is 0. The molecule has 0 aliphatic carbocycles. The first-order valence-electron chi connectivity index (χ1n) is 8.23. The summed E-state index contributed by atoms with van der Waals surface area (Å²) in [5.41, 5.74) is 3.80. The Kier molecular flexibility index (Phi) is 3.97. The van der Waals surface area contributed by atoms with Gasteiger partial charge in [-0.2, -0.15) is 5.26 Å². The van der Waals surface area contributed by atoms with E-state index in [4.69, 9.17) is 5.26 Å². The molecule has 4 heteroatoms. The van der Waals surface area contributed by atoms with Crippen LogP contribution in [-0.4, -0.2) is 10.5 Å². The maximum absolute atomic E-state index is 12.8. The van der Waals surface area contributed by atoms with Gasteiger partial charge in [-0.25, -0.2) is 0 Å². The second-order valence-corrected chi connectivity index (χ2v) is 5.91. The number of anilines is 1. The van der Waals surface area contributed by atoms with Crippen molar-refractivity contribution in [3.8, 4) is 11.8 Å². The molecule has 0 bridgehead atoms. The third-order valence-electron chi connectivity index (χ3n) is 4.26. The summed E-state index contributed by atoms with van der Waals surface area (Å²) in [5, 5.41) is 12.7. The average Bonchev–Trinajstić information content (AvgIpc) is 3.09.